The SMILES string of the molecule is O=[N+]([O-])c1ccccc1CN1CCN(C[C@@H]2CC=CCC2)CC1. The fourth-order valence-electron chi connectivity index (χ4n) is 3.58. The van der Waals surface area contributed by atoms with Crippen molar-refractivity contribution in [1.29, 1.82) is 0 Å². The molecule has 0 bridgehead atoms. The van der Waals surface area contributed by atoms with Gasteiger partial charge in [-0.1, -0.05) is 30.4 Å². The monoisotopic (exact) mass is 315 g/mol. The van der Waals surface area contributed by atoms with Crippen molar-refractivity contribution >= 4 is 5.69 Å². The van der Waals surface area contributed by atoms with Crippen LogP contribution in [-0.2, 0) is 6.54 Å². The van der Waals surface area contributed by atoms with E-state index in [4.69, 9.17) is 0 Å². The maximum atomic E-state index is 11.1. The molecule has 0 aromatic heterocycles. The minimum Gasteiger partial charge on any atom is -0.301 e. The molecule has 0 unspecified atom stereocenters. The normalized spacial score (nSPS) is 23.0. The number of allylic oxidation sites excluding steroid dienone is 2. The van der Waals surface area contributed by atoms with Gasteiger partial charge in [0.1, 0.15) is 0 Å². The zero-order valence-corrected chi connectivity index (χ0v) is 13.6. The molecule has 1 saturated heterocycles. The Labute approximate surface area is 137 Å². The summed E-state index contributed by atoms with van der Waals surface area (Å²) >= 11 is 0. The molecule has 3 rings (SSSR count). The lowest BCUT2D eigenvalue weighted by Crippen LogP contribution is -2.47. The molecule has 124 valence electrons. The number of hydrogen-bond acceptors (Lipinski definition) is 4. The van der Waals surface area contributed by atoms with Crippen LogP contribution in [0.1, 0.15) is 24.8 Å². The first-order chi connectivity index (χ1) is 11.2. The molecule has 0 amide bonds. The lowest BCUT2D eigenvalue weighted by molar-refractivity contribution is -0.385. The van der Waals surface area contributed by atoms with Crippen molar-refractivity contribution in [2.24, 2.45) is 5.92 Å². The molecule has 0 spiro atoms. The fourth-order valence-corrected chi connectivity index (χ4v) is 3.58. The fraction of sp³-hybridized carbons (Fsp3) is 0.556. The maximum Gasteiger partial charge on any atom is 0.273 e. The number of nitrogens with zero attached hydrogens (tertiary/aromatic N) is 3. The molecule has 1 fully saturated rings. The van der Waals surface area contributed by atoms with Gasteiger partial charge in [0.05, 0.1) is 4.92 Å². The standard InChI is InChI=1S/C18H25N3O2/c22-21(23)18-9-5-4-8-17(18)15-20-12-10-19(11-13-20)14-16-6-2-1-3-7-16/h1-2,4-5,8-9,16H,3,6-7,10-15H2/t16-/m1/s1. The lowest BCUT2D eigenvalue weighted by atomic mass is 9.94. The summed E-state index contributed by atoms with van der Waals surface area (Å²) < 4.78 is 0. The Kier molecular flexibility index (Phi) is 5.41. The van der Waals surface area contributed by atoms with Crippen molar-refractivity contribution in [3.05, 3.63) is 52.1 Å². The van der Waals surface area contributed by atoms with Crippen molar-refractivity contribution < 1.29 is 4.92 Å². The predicted octanol–water partition coefficient (Wildman–Crippen LogP) is 3.07. The van der Waals surface area contributed by atoms with Gasteiger partial charge in [0.25, 0.3) is 5.69 Å². The Balaban J connectivity index is 1.49. The van der Waals surface area contributed by atoms with Crippen molar-refractivity contribution in [2.45, 2.75) is 25.8 Å². The van der Waals surface area contributed by atoms with Crippen LogP contribution in [0.3, 0.4) is 0 Å². The predicted molar refractivity (Wildman–Crippen MR) is 91.3 cm³/mol. The average molecular weight is 315 g/mol. The van der Waals surface area contributed by atoms with Crippen LogP contribution in [0, 0.1) is 16.0 Å². The van der Waals surface area contributed by atoms with Gasteiger partial charge in [-0.25, -0.2) is 0 Å². The smallest absolute Gasteiger partial charge is 0.273 e. The molecule has 1 aliphatic heterocycles. The molecule has 1 aliphatic carbocycles. The van der Waals surface area contributed by atoms with Crippen LogP contribution >= 0.6 is 0 Å². The van der Waals surface area contributed by atoms with E-state index in [0.717, 1.165) is 37.7 Å². The molecule has 0 N–H and O–H groups in total. The summed E-state index contributed by atoms with van der Waals surface area (Å²) in [6.45, 7) is 6.01. The minimum atomic E-state index is -0.276. The van der Waals surface area contributed by atoms with E-state index in [-0.39, 0.29) is 10.6 Å². The number of nitro groups is 1. The van der Waals surface area contributed by atoms with E-state index in [2.05, 4.69) is 22.0 Å². The average Bonchev–Trinajstić information content (AvgIpc) is 2.58. The summed E-state index contributed by atoms with van der Waals surface area (Å²) in [5, 5.41) is 11.1. The van der Waals surface area contributed by atoms with E-state index in [1.54, 1.807) is 12.1 Å². The second-order valence-corrected chi connectivity index (χ2v) is 6.61. The summed E-state index contributed by atoms with van der Waals surface area (Å²) in [5.41, 5.74) is 1.06. The first kappa shape index (κ1) is 16.1. The molecule has 1 heterocycles. The highest BCUT2D eigenvalue weighted by atomic mass is 16.6. The zero-order chi connectivity index (χ0) is 16.1. The van der Waals surface area contributed by atoms with Gasteiger partial charge >= 0.3 is 0 Å². The Bertz CT molecular complexity index is 565. The van der Waals surface area contributed by atoms with E-state index in [1.165, 1.54) is 25.8 Å². The lowest BCUT2D eigenvalue weighted by Gasteiger charge is -2.36. The highest BCUT2D eigenvalue weighted by Gasteiger charge is 2.22. The second-order valence-electron chi connectivity index (χ2n) is 6.61. The summed E-state index contributed by atoms with van der Waals surface area (Å²) in [6, 6.07) is 7.09. The highest BCUT2D eigenvalue weighted by molar-refractivity contribution is 5.39. The van der Waals surface area contributed by atoms with Crippen molar-refractivity contribution in [2.75, 3.05) is 32.7 Å². The molecule has 1 atom stereocenters. The molecule has 5 nitrogen and oxygen atoms in total. The van der Waals surface area contributed by atoms with E-state index < -0.39 is 0 Å². The first-order valence-electron chi connectivity index (χ1n) is 8.54. The van der Waals surface area contributed by atoms with Gasteiger partial charge in [-0.15, -0.1) is 0 Å². The Morgan fingerprint density at radius 1 is 1.09 bits per heavy atom. The van der Waals surface area contributed by atoms with Gasteiger partial charge in [0.2, 0.25) is 0 Å². The third-order valence-electron chi connectivity index (χ3n) is 4.94. The van der Waals surface area contributed by atoms with Gasteiger partial charge < -0.3 is 4.90 Å². The Morgan fingerprint density at radius 2 is 1.83 bits per heavy atom. The molecule has 0 radical (unpaired) electrons. The number of nitro benzene ring substituents is 1. The van der Waals surface area contributed by atoms with E-state index in [0.29, 0.717) is 6.54 Å². The largest absolute Gasteiger partial charge is 0.301 e. The molecule has 2 aliphatic rings. The zero-order valence-electron chi connectivity index (χ0n) is 13.6. The Hall–Kier alpha value is -1.72. The van der Waals surface area contributed by atoms with Gasteiger partial charge in [-0.3, -0.25) is 15.0 Å². The molecule has 5 heteroatoms. The quantitative estimate of drug-likeness (QED) is 0.476. The molecular weight excluding hydrogens is 290 g/mol. The Morgan fingerprint density at radius 3 is 2.52 bits per heavy atom. The summed E-state index contributed by atoms with van der Waals surface area (Å²) in [5.74, 6) is 0.807. The summed E-state index contributed by atoms with van der Waals surface area (Å²) in [7, 11) is 0. The first-order valence-corrected chi connectivity index (χ1v) is 8.54. The van der Waals surface area contributed by atoms with Crippen LogP contribution < -0.4 is 0 Å². The van der Waals surface area contributed by atoms with Crippen molar-refractivity contribution in [3.63, 3.8) is 0 Å². The number of rotatable bonds is 5. The van der Waals surface area contributed by atoms with Crippen LogP contribution in [0.25, 0.3) is 0 Å². The van der Waals surface area contributed by atoms with Gasteiger partial charge in [-0.05, 0) is 25.2 Å². The van der Waals surface area contributed by atoms with E-state index in [9.17, 15) is 10.1 Å². The van der Waals surface area contributed by atoms with Crippen LogP contribution in [0.15, 0.2) is 36.4 Å². The molecule has 0 saturated carbocycles. The molecular formula is C18H25N3O2. The van der Waals surface area contributed by atoms with Crippen LogP contribution in [0.2, 0.25) is 0 Å². The van der Waals surface area contributed by atoms with Crippen molar-refractivity contribution in [3.8, 4) is 0 Å². The topological polar surface area (TPSA) is 49.6 Å². The van der Waals surface area contributed by atoms with Crippen LogP contribution in [-0.4, -0.2) is 47.4 Å². The third kappa shape index (κ3) is 4.39. The van der Waals surface area contributed by atoms with Gasteiger partial charge in [0, 0.05) is 50.9 Å². The number of benzene rings is 1. The van der Waals surface area contributed by atoms with Gasteiger partial charge in [-0.2, -0.15) is 0 Å². The van der Waals surface area contributed by atoms with Crippen LogP contribution in [0.4, 0.5) is 5.69 Å². The number of hydrogen-bond donors (Lipinski definition) is 0. The second kappa shape index (κ2) is 7.70. The van der Waals surface area contributed by atoms with Crippen molar-refractivity contribution in [1.82, 2.24) is 9.80 Å². The van der Waals surface area contributed by atoms with Gasteiger partial charge in [0.15, 0.2) is 0 Å². The minimum absolute atomic E-state index is 0.240. The van der Waals surface area contributed by atoms with Crippen LogP contribution in [0.5, 0.6) is 0 Å². The summed E-state index contributed by atoms with van der Waals surface area (Å²) in [6.07, 6.45) is 8.37. The number of piperazine rings is 1. The summed E-state index contributed by atoms with van der Waals surface area (Å²) in [4.78, 5) is 15.7. The third-order valence-corrected chi connectivity index (χ3v) is 4.94. The number of para-hydroxylation sites is 1. The molecule has 23 heavy (non-hydrogen) atoms. The maximum absolute atomic E-state index is 11.1. The highest BCUT2D eigenvalue weighted by Crippen LogP contribution is 2.22. The molecule has 1 aromatic carbocycles. The molecule has 1 aromatic rings. The van der Waals surface area contributed by atoms with E-state index >= 15 is 0 Å². The van der Waals surface area contributed by atoms with E-state index in [1.807, 2.05) is 12.1 Å².